The number of carboxylic acid groups (broad SMARTS) is 1. The molecule has 6 aliphatic rings. The van der Waals surface area contributed by atoms with Gasteiger partial charge in [-0.25, -0.2) is 4.79 Å². The summed E-state index contributed by atoms with van der Waals surface area (Å²) in [5.74, 6) is 2.07. The lowest BCUT2D eigenvalue weighted by Crippen LogP contribution is -2.66. The molecule has 4 saturated carbocycles. The Morgan fingerprint density at radius 2 is 1.65 bits per heavy atom. The number of nitrogens with one attached hydrogen (secondary N) is 1. The molecule has 2 N–H and O–H groups in total. The molecule has 0 spiro atoms. The van der Waals surface area contributed by atoms with E-state index in [-0.39, 0.29) is 27.1 Å². The maximum atomic E-state index is 14.6. The highest BCUT2D eigenvalue weighted by Gasteiger charge is 2.71. The SMILES string of the molecule is C=C(C)C1CCC2(C(=O)NCC3CCCN3CC)CCC3(C)C(CCC4C5(C)CC=C(c6ccc(C(=O)O)cc6)C(C)(C)C5CCC43C)C12. The predicted molar refractivity (Wildman–Crippen MR) is 199 cm³/mol. The molecule has 1 aromatic rings. The van der Waals surface area contributed by atoms with Crippen molar-refractivity contribution in [2.45, 2.75) is 125 Å². The number of amides is 1. The fourth-order valence-electron chi connectivity index (χ4n) is 14.4. The number of hydrogen-bond acceptors (Lipinski definition) is 3. The molecule has 5 aliphatic carbocycles. The van der Waals surface area contributed by atoms with Crippen LogP contribution in [0.4, 0.5) is 0 Å². The van der Waals surface area contributed by atoms with Crippen LogP contribution < -0.4 is 5.32 Å². The first-order valence-corrected chi connectivity index (χ1v) is 19.9. The Hall–Kier alpha value is -2.40. The van der Waals surface area contributed by atoms with Crippen LogP contribution in [0.25, 0.3) is 5.57 Å². The van der Waals surface area contributed by atoms with Crippen molar-refractivity contribution in [3.63, 3.8) is 0 Å². The predicted octanol–water partition coefficient (Wildman–Crippen LogP) is 9.64. The molecule has 1 aliphatic heterocycles. The number of carbonyl (C=O) groups is 2. The molecule has 10 unspecified atom stereocenters. The Balaban J connectivity index is 1.18. The number of fused-ring (bicyclic) bond motifs is 7. The van der Waals surface area contributed by atoms with Gasteiger partial charge >= 0.3 is 5.97 Å². The highest BCUT2D eigenvalue weighted by molar-refractivity contribution is 5.88. The number of carboxylic acids is 1. The Bertz CT molecular complexity index is 1530. The molecule has 1 heterocycles. The first-order chi connectivity index (χ1) is 23.1. The zero-order chi connectivity index (χ0) is 35.1. The molecule has 0 bridgehead atoms. The maximum absolute atomic E-state index is 14.6. The standard InChI is InChI=1S/C44H64N2O3/c1-9-46-26-10-11-31(46)27-45-39(49)44-23-18-32(28(2)3)37(44)34-16-17-36-41(6)21-19-33(29-12-14-30(15-13-29)38(47)48)40(4,5)35(41)20-22-43(36,8)42(34,7)24-25-44/h12-15,19,31-32,34-37H,2,9-11,16-18,20-27H2,1,3-8H3,(H,45,49)(H,47,48). The average Bonchev–Trinajstić information content (AvgIpc) is 3.69. The van der Waals surface area contributed by atoms with Crippen molar-refractivity contribution >= 4 is 17.4 Å². The van der Waals surface area contributed by atoms with Crippen LogP contribution in [0.3, 0.4) is 0 Å². The van der Waals surface area contributed by atoms with Gasteiger partial charge in [0.15, 0.2) is 0 Å². The highest BCUT2D eigenvalue weighted by atomic mass is 16.4. The third-order valence-electron chi connectivity index (χ3n) is 16.9. The number of nitrogens with zero attached hydrogens (tertiary/aromatic N) is 1. The summed E-state index contributed by atoms with van der Waals surface area (Å²) in [7, 11) is 0. The van der Waals surface area contributed by atoms with E-state index in [1.54, 1.807) is 12.1 Å². The van der Waals surface area contributed by atoms with Gasteiger partial charge in [0.05, 0.1) is 11.0 Å². The lowest BCUT2D eigenvalue weighted by molar-refractivity contribution is -0.225. The number of rotatable bonds is 7. The molecule has 0 radical (unpaired) electrons. The first kappa shape index (κ1) is 35.0. The monoisotopic (exact) mass is 668 g/mol. The van der Waals surface area contributed by atoms with Gasteiger partial charge in [0.1, 0.15) is 0 Å². The van der Waals surface area contributed by atoms with E-state index in [4.69, 9.17) is 0 Å². The van der Waals surface area contributed by atoms with Crippen molar-refractivity contribution < 1.29 is 14.7 Å². The van der Waals surface area contributed by atoms with Gasteiger partial charge in [-0.1, -0.05) is 71.9 Å². The van der Waals surface area contributed by atoms with Crippen molar-refractivity contribution in [3.8, 4) is 0 Å². The Labute approximate surface area is 296 Å². The number of carbonyl (C=O) groups excluding carboxylic acids is 1. The van der Waals surface area contributed by atoms with Crippen LogP contribution in [0.5, 0.6) is 0 Å². The summed E-state index contributed by atoms with van der Waals surface area (Å²) < 4.78 is 0. The number of benzene rings is 1. The molecule has 5 heteroatoms. The third kappa shape index (κ3) is 5.01. The molecule has 1 saturated heterocycles. The van der Waals surface area contributed by atoms with Gasteiger partial charge in [-0.15, -0.1) is 0 Å². The average molecular weight is 669 g/mol. The summed E-state index contributed by atoms with van der Waals surface area (Å²) in [6.07, 6.45) is 15.3. The molecule has 7 rings (SSSR count). The van der Waals surface area contributed by atoms with Crippen LogP contribution >= 0.6 is 0 Å². The summed E-state index contributed by atoms with van der Waals surface area (Å²) in [5.41, 5.74) is 4.57. The lowest BCUT2D eigenvalue weighted by Gasteiger charge is -2.72. The van der Waals surface area contributed by atoms with Crippen LogP contribution in [0.15, 0.2) is 42.5 Å². The van der Waals surface area contributed by atoms with Crippen molar-refractivity contribution in [2.24, 2.45) is 56.7 Å². The van der Waals surface area contributed by atoms with Crippen molar-refractivity contribution in [1.29, 1.82) is 0 Å². The summed E-state index contributed by atoms with van der Waals surface area (Å²) >= 11 is 0. The molecule has 5 nitrogen and oxygen atoms in total. The van der Waals surface area contributed by atoms with Crippen LogP contribution in [0.2, 0.25) is 0 Å². The minimum atomic E-state index is -0.869. The number of allylic oxidation sites excluding steroid dienone is 3. The number of aromatic carboxylic acids is 1. The normalized spacial score (nSPS) is 42.6. The largest absolute Gasteiger partial charge is 0.478 e. The van der Waals surface area contributed by atoms with Gasteiger partial charge in [-0.2, -0.15) is 0 Å². The van der Waals surface area contributed by atoms with Crippen LogP contribution in [-0.2, 0) is 4.79 Å². The van der Waals surface area contributed by atoms with Crippen molar-refractivity contribution in [3.05, 3.63) is 53.6 Å². The minimum Gasteiger partial charge on any atom is -0.478 e. The topological polar surface area (TPSA) is 69.6 Å². The van der Waals surface area contributed by atoms with Crippen LogP contribution in [0, 0.1) is 56.7 Å². The molecule has 1 amide bonds. The third-order valence-corrected chi connectivity index (χ3v) is 16.9. The molecule has 1 aromatic carbocycles. The van der Waals surface area contributed by atoms with E-state index >= 15 is 0 Å². The molecular weight excluding hydrogens is 604 g/mol. The van der Waals surface area contributed by atoms with Gasteiger partial charge in [0.2, 0.25) is 5.91 Å². The van der Waals surface area contributed by atoms with Gasteiger partial charge < -0.3 is 10.4 Å². The summed E-state index contributed by atoms with van der Waals surface area (Å²) in [4.78, 5) is 28.7. The molecule has 0 aromatic heterocycles. The molecule has 5 fully saturated rings. The van der Waals surface area contributed by atoms with Crippen molar-refractivity contribution in [2.75, 3.05) is 19.6 Å². The molecular formula is C44H64N2O3. The maximum Gasteiger partial charge on any atom is 0.335 e. The van der Waals surface area contributed by atoms with E-state index in [0.29, 0.717) is 47.1 Å². The van der Waals surface area contributed by atoms with Gasteiger partial charge in [-0.05, 0) is 165 Å². The Kier molecular flexibility index (Phi) is 8.64. The first-order valence-electron chi connectivity index (χ1n) is 19.9. The summed E-state index contributed by atoms with van der Waals surface area (Å²) in [5, 5.41) is 13.1. The van der Waals surface area contributed by atoms with Crippen molar-refractivity contribution in [1.82, 2.24) is 10.2 Å². The number of likely N-dealkylation sites (N-methyl/N-ethyl adjacent to an activating group) is 1. The van der Waals surface area contributed by atoms with Gasteiger partial charge in [0.25, 0.3) is 0 Å². The Morgan fingerprint density at radius 1 is 0.918 bits per heavy atom. The van der Waals surface area contributed by atoms with Crippen LogP contribution in [0.1, 0.15) is 135 Å². The van der Waals surface area contributed by atoms with E-state index in [9.17, 15) is 14.7 Å². The molecule has 49 heavy (non-hydrogen) atoms. The number of likely N-dealkylation sites (tertiary alicyclic amines) is 1. The molecule has 10 atom stereocenters. The quantitative estimate of drug-likeness (QED) is 0.284. The highest BCUT2D eigenvalue weighted by Crippen LogP contribution is 2.77. The summed E-state index contributed by atoms with van der Waals surface area (Å²) in [6, 6.07) is 8.07. The zero-order valence-electron chi connectivity index (χ0n) is 31.7. The fourth-order valence-corrected chi connectivity index (χ4v) is 14.4. The zero-order valence-corrected chi connectivity index (χ0v) is 31.7. The second-order valence-corrected chi connectivity index (χ2v) is 18.9. The minimum absolute atomic E-state index is 0.000194. The smallest absolute Gasteiger partial charge is 0.335 e. The van der Waals surface area contributed by atoms with E-state index in [1.165, 1.54) is 55.2 Å². The second kappa shape index (κ2) is 12.1. The Morgan fingerprint density at radius 3 is 2.33 bits per heavy atom. The second-order valence-electron chi connectivity index (χ2n) is 18.9. The van der Waals surface area contributed by atoms with Crippen LogP contribution in [-0.4, -0.2) is 47.6 Å². The summed E-state index contributed by atoms with van der Waals surface area (Å²) in [6.45, 7) is 25.0. The lowest BCUT2D eigenvalue weighted by atomic mass is 9.32. The van der Waals surface area contributed by atoms with E-state index in [1.807, 2.05) is 12.1 Å². The van der Waals surface area contributed by atoms with E-state index in [0.717, 1.165) is 51.7 Å². The van der Waals surface area contributed by atoms with E-state index in [2.05, 4.69) is 71.3 Å². The van der Waals surface area contributed by atoms with E-state index < -0.39 is 5.97 Å². The van der Waals surface area contributed by atoms with Gasteiger partial charge in [0, 0.05) is 12.6 Å². The van der Waals surface area contributed by atoms with Gasteiger partial charge in [-0.3, -0.25) is 9.69 Å². The molecule has 268 valence electrons. The number of hydrogen-bond donors (Lipinski definition) is 2. The fraction of sp³-hybridized carbons (Fsp3) is 0.727.